The molecule has 0 saturated carbocycles. The molecule has 2 N–H and O–H groups in total. The minimum absolute atomic E-state index is 0.0512. The summed E-state index contributed by atoms with van der Waals surface area (Å²) in [5.41, 5.74) is 7.10. The SMILES string of the molecule is CCCC(N)c1cc(Cl)c(OCC)cc1OCC. The van der Waals surface area contributed by atoms with Crippen molar-refractivity contribution < 1.29 is 9.47 Å². The van der Waals surface area contributed by atoms with Gasteiger partial charge in [-0.3, -0.25) is 0 Å². The van der Waals surface area contributed by atoms with E-state index in [-0.39, 0.29) is 6.04 Å². The molecule has 1 aromatic carbocycles. The first-order valence-electron chi connectivity index (χ1n) is 6.48. The molecule has 4 heteroatoms. The molecule has 0 radical (unpaired) electrons. The molecule has 0 heterocycles. The second-order valence-electron chi connectivity index (χ2n) is 4.08. The van der Waals surface area contributed by atoms with Gasteiger partial charge in [0.2, 0.25) is 0 Å². The van der Waals surface area contributed by atoms with Crippen LogP contribution in [0.3, 0.4) is 0 Å². The van der Waals surface area contributed by atoms with Crippen LogP contribution in [0.4, 0.5) is 0 Å². The molecule has 0 aliphatic carbocycles. The highest BCUT2D eigenvalue weighted by atomic mass is 35.5. The third kappa shape index (κ3) is 3.79. The van der Waals surface area contributed by atoms with Gasteiger partial charge in [-0.05, 0) is 26.3 Å². The average Bonchev–Trinajstić information content (AvgIpc) is 2.34. The fraction of sp³-hybridized carbons (Fsp3) is 0.571. The lowest BCUT2D eigenvalue weighted by Gasteiger charge is -2.18. The highest BCUT2D eigenvalue weighted by molar-refractivity contribution is 6.32. The van der Waals surface area contributed by atoms with Gasteiger partial charge in [0.05, 0.1) is 18.2 Å². The standard InChI is InChI=1S/C14H22ClNO2/c1-4-7-12(16)10-8-11(15)14(18-6-3)9-13(10)17-5-2/h8-9,12H,4-7,16H2,1-3H3. The first kappa shape index (κ1) is 15.1. The molecule has 1 atom stereocenters. The van der Waals surface area contributed by atoms with Crippen molar-refractivity contribution in [2.75, 3.05) is 13.2 Å². The molecule has 0 aliphatic heterocycles. The van der Waals surface area contributed by atoms with E-state index in [0.717, 1.165) is 24.2 Å². The van der Waals surface area contributed by atoms with Crippen LogP contribution in [0.5, 0.6) is 11.5 Å². The van der Waals surface area contributed by atoms with Crippen LogP contribution in [0.25, 0.3) is 0 Å². The lowest BCUT2D eigenvalue weighted by molar-refractivity contribution is 0.319. The van der Waals surface area contributed by atoms with E-state index in [2.05, 4.69) is 6.92 Å². The van der Waals surface area contributed by atoms with Crippen molar-refractivity contribution >= 4 is 11.6 Å². The van der Waals surface area contributed by atoms with Gasteiger partial charge in [-0.15, -0.1) is 0 Å². The fourth-order valence-corrected chi connectivity index (χ4v) is 2.08. The number of benzene rings is 1. The maximum atomic E-state index is 6.19. The highest BCUT2D eigenvalue weighted by Crippen LogP contribution is 2.36. The zero-order chi connectivity index (χ0) is 13.5. The molecule has 0 aromatic heterocycles. The van der Waals surface area contributed by atoms with Crippen LogP contribution in [0, 0.1) is 0 Å². The van der Waals surface area contributed by atoms with Crippen molar-refractivity contribution in [2.24, 2.45) is 5.73 Å². The Morgan fingerprint density at radius 2 is 1.72 bits per heavy atom. The lowest BCUT2D eigenvalue weighted by atomic mass is 10.0. The largest absolute Gasteiger partial charge is 0.493 e. The second kappa shape index (κ2) is 7.49. The van der Waals surface area contributed by atoms with Gasteiger partial charge in [-0.2, -0.15) is 0 Å². The van der Waals surface area contributed by atoms with E-state index in [4.69, 9.17) is 26.8 Å². The zero-order valence-corrected chi connectivity index (χ0v) is 12.1. The predicted octanol–water partition coefficient (Wildman–Crippen LogP) is 3.94. The van der Waals surface area contributed by atoms with E-state index >= 15 is 0 Å². The summed E-state index contributed by atoms with van der Waals surface area (Å²) in [6.45, 7) is 7.15. The van der Waals surface area contributed by atoms with Gasteiger partial charge in [-0.25, -0.2) is 0 Å². The van der Waals surface area contributed by atoms with Crippen molar-refractivity contribution in [2.45, 2.75) is 39.7 Å². The van der Waals surface area contributed by atoms with Crippen LogP contribution < -0.4 is 15.2 Å². The van der Waals surface area contributed by atoms with Crippen LogP contribution in [-0.2, 0) is 0 Å². The summed E-state index contributed by atoms with van der Waals surface area (Å²) in [5, 5.41) is 0.585. The van der Waals surface area contributed by atoms with Gasteiger partial charge in [0.15, 0.2) is 0 Å². The molecule has 0 spiro atoms. The molecule has 1 aromatic rings. The minimum Gasteiger partial charge on any atom is -0.493 e. The zero-order valence-electron chi connectivity index (χ0n) is 11.3. The fourth-order valence-electron chi connectivity index (χ4n) is 1.85. The van der Waals surface area contributed by atoms with Crippen LogP contribution in [-0.4, -0.2) is 13.2 Å². The second-order valence-corrected chi connectivity index (χ2v) is 4.49. The summed E-state index contributed by atoms with van der Waals surface area (Å²) >= 11 is 6.19. The number of hydrogen-bond acceptors (Lipinski definition) is 3. The maximum Gasteiger partial charge on any atom is 0.141 e. The number of ether oxygens (including phenoxy) is 2. The summed E-state index contributed by atoms with van der Waals surface area (Å²) in [6, 6.07) is 3.64. The quantitative estimate of drug-likeness (QED) is 0.817. The molecule has 1 unspecified atom stereocenters. The molecule has 0 fully saturated rings. The average molecular weight is 272 g/mol. The van der Waals surface area contributed by atoms with E-state index in [1.165, 1.54) is 0 Å². The lowest BCUT2D eigenvalue weighted by Crippen LogP contribution is -2.12. The van der Waals surface area contributed by atoms with Gasteiger partial charge in [0.25, 0.3) is 0 Å². The predicted molar refractivity (Wildman–Crippen MR) is 75.6 cm³/mol. The van der Waals surface area contributed by atoms with E-state index < -0.39 is 0 Å². The highest BCUT2D eigenvalue weighted by Gasteiger charge is 2.15. The Morgan fingerprint density at radius 1 is 1.11 bits per heavy atom. The Morgan fingerprint density at radius 3 is 2.28 bits per heavy atom. The smallest absolute Gasteiger partial charge is 0.141 e. The molecule has 0 saturated heterocycles. The number of halogens is 1. The Balaban J connectivity index is 3.10. The van der Waals surface area contributed by atoms with Crippen molar-refractivity contribution in [3.63, 3.8) is 0 Å². The van der Waals surface area contributed by atoms with Gasteiger partial charge in [0, 0.05) is 17.7 Å². The normalized spacial score (nSPS) is 12.3. The Hall–Kier alpha value is -0.930. The van der Waals surface area contributed by atoms with Crippen LogP contribution in [0.1, 0.15) is 45.2 Å². The monoisotopic (exact) mass is 271 g/mol. The summed E-state index contributed by atoms with van der Waals surface area (Å²) in [5.74, 6) is 1.42. The first-order chi connectivity index (χ1) is 8.63. The Bertz CT molecular complexity index is 382. The molecule has 1 rings (SSSR count). The number of rotatable bonds is 7. The van der Waals surface area contributed by atoms with Crippen LogP contribution >= 0.6 is 11.6 Å². The first-order valence-corrected chi connectivity index (χ1v) is 6.86. The number of hydrogen-bond donors (Lipinski definition) is 1. The van der Waals surface area contributed by atoms with Crippen molar-refractivity contribution in [1.82, 2.24) is 0 Å². The van der Waals surface area contributed by atoms with E-state index in [9.17, 15) is 0 Å². The minimum atomic E-state index is -0.0512. The molecular formula is C14H22ClNO2. The molecule has 18 heavy (non-hydrogen) atoms. The molecule has 0 bridgehead atoms. The van der Waals surface area contributed by atoms with Gasteiger partial charge < -0.3 is 15.2 Å². The molecule has 102 valence electrons. The molecule has 3 nitrogen and oxygen atoms in total. The molecular weight excluding hydrogens is 250 g/mol. The summed E-state index contributed by atoms with van der Waals surface area (Å²) in [4.78, 5) is 0. The summed E-state index contributed by atoms with van der Waals surface area (Å²) < 4.78 is 11.1. The van der Waals surface area contributed by atoms with Gasteiger partial charge >= 0.3 is 0 Å². The van der Waals surface area contributed by atoms with E-state index in [1.54, 1.807) is 0 Å². The van der Waals surface area contributed by atoms with Crippen molar-refractivity contribution in [3.05, 3.63) is 22.7 Å². The van der Waals surface area contributed by atoms with Gasteiger partial charge in [0.1, 0.15) is 11.5 Å². The maximum absolute atomic E-state index is 6.19. The Kier molecular flexibility index (Phi) is 6.30. The van der Waals surface area contributed by atoms with Crippen LogP contribution in [0.2, 0.25) is 5.02 Å². The summed E-state index contributed by atoms with van der Waals surface area (Å²) in [6.07, 6.45) is 1.93. The van der Waals surface area contributed by atoms with Gasteiger partial charge in [-0.1, -0.05) is 24.9 Å². The van der Waals surface area contributed by atoms with Crippen molar-refractivity contribution in [1.29, 1.82) is 0 Å². The Labute approximate surface area is 114 Å². The summed E-state index contributed by atoms with van der Waals surface area (Å²) in [7, 11) is 0. The third-order valence-corrected chi connectivity index (χ3v) is 2.96. The third-order valence-electron chi connectivity index (χ3n) is 2.66. The van der Waals surface area contributed by atoms with Crippen LogP contribution in [0.15, 0.2) is 12.1 Å². The van der Waals surface area contributed by atoms with E-state index in [0.29, 0.717) is 24.0 Å². The van der Waals surface area contributed by atoms with Crippen molar-refractivity contribution in [3.8, 4) is 11.5 Å². The molecule has 0 amide bonds. The number of nitrogens with two attached hydrogens (primary N) is 1. The van der Waals surface area contributed by atoms with E-state index in [1.807, 2.05) is 26.0 Å². The topological polar surface area (TPSA) is 44.5 Å². The molecule has 0 aliphatic rings.